The number of benzene rings is 1. The van der Waals surface area contributed by atoms with Gasteiger partial charge < -0.3 is 15.0 Å². The van der Waals surface area contributed by atoms with Crippen molar-refractivity contribution in [3.8, 4) is 5.75 Å². The van der Waals surface area contributed by atoms with Crippen LogP contribution in [0.5, 0.6) is 5.75 Å². The number of likely N-dealkylation sites (N-methyl/N-ethyl adjacent to an activating group) is 1. The Balaban J connectivity index is 2.14. The van der Waals surface area contributed by atoms with Gasteiger partial charge in [-0.15, -0.1) is 0 Å². The lowest BCUT2D eigenvalue weighted by Gasteiger charge is -2.18. The second-order valence-corrected chi connectivity index (χ2v) is 4.97. The average Bonchev–Trinajstić information content (AvgIpc) is 2.40. The van der Waals surface area contributed by atoms with Crippen LogP contribution in [0, 0.1) is 6.92 Å². The molecule has 0 heterocycles. The van der Waals surface area contributed by atoms with Gasteiger partial charge in [0.1, 0.15) is 12.4 Å². The van der Waals surface area contributed by atoms with Crippen LogP contribution in [0.25, 0.3) is 0 Å². The fourth-order valence-electron chi connectivity index (χ4n) is 1.91. The zero-order chi connectivity index (χ0) is 14.1. The van der Waals surface area contributed by atoms with Crippen LogP contribution in [0.1, 0.15) is 19.4 Å². The van der Waals surface area contributed by atoms with E-state index < -0.39 is 0 Å². The van der Waals surface area contributed by atoms with Crippen molar-refractivity contribution in [3.05, 3.63) is 28.8 Å². The third-order valence-electron chi connectivity index (χ3n) is 3.17. The summed E-state index contributed by atoms with van der Waals surface area (Å²) in [5.41, 5.74) is 1.08. The van der Waals surface area contributed by atoms with Gasteiger partial charge in [0.05, 0.1) is 0 Å². The number of ether oxygens (including phenoxy) is 1. The summed E-state index contributed by atoms with van der Waals surface area (Å²) < 4.78 is 5.72. The van der Waals surface area contributed by atoms with Crippen molar-refractivity contribution >= 4 is 11.6 Å². The molecule has 1 N–H and O–H groups in total. The molecule has 1 rings (SSSR count). The molecule has 0 radical (unpaired) electrons. The predicted molar refractivity (Wildman–Crippen MR) is 82.3 cm³/mol. The smallest absolute Gasteiger partial charge is 0.122 e. The molecule has 3 nitrogen and oxygen atoms in total. The van der Waals surface area contributed by atoms with E-state index in [1.807, 2.05) is 25.1 Å². The van der Waals surface area contributed by atoms with Gasteiger partial charge in [-0.1, -0.05) is 25.4 Å². The highest BCUT2D eigenvalue weighted by Gasteiger charge is 2.00. The highest BCUT2D eigenvalue weighted by atomic mass is 35.5. The molecule has 19 heavy (non-hydrogen) atoms. The van der Waals surface area contributed by atoms with Crippen molar-refractivity contribution in [2.75, 3.05) is 39.3 Å². The molecule has 108 valence electrons. The predicted octanol–water partition coefficient (Wildman–Crippen LogP) is 2.96. The summed E-state index contributed by atoms with van der Waals surface area (Å²) in [6.45, 7) is 12.2. The average molecular weight is 285 g/mol. The maximum Gasteiger partial charge on any atom is 0.122 e. The Labute approximate surface area is 121 Å². The summed E-state index contributed by atoms with van der Waals surface area (Å²) in [6, 6.07) is 5.70. The molecule has 0 aliphatic carbocycles. The number of hydrogen-bond donors (Lipinski definition) is 1. The molecular formula is C15H25ClN2O. The van der Waals surface area contributed by atoms with E-state index in [4.69, 9.17) is 16.3 Å². The summed E-state index contributed by atoms with van der Waals surface area (Å²) in [4.78, 5) is 2.40. The topological polar surface area (TPSA) is 24.5 Å². The first kappa shape index (κ1) is 16.3. The molecule has 0 amide bonds. The van der Waals surface area contributed by atoms with E-state index in [2.05, 4.69) is 24.1 Å². The Kier molecular flexibility index (Phi) is 7.87. The fourth-order valence-corrected chi connectivity index (χ4v) is 2.14. The summed E-state index contributed by atoms with van der Waals surface area (Å²) in [6.07, 6.45) is 0. The van der Waals surface area contributed by atoms with Crippen molar-refractivity contribution < 1.29 is 4.74 Å². The molecule has 0 saturated heterocycles. The summed E-state index contributed by atoms with van der Waals surface area (Å²) >= 11 is 5.90. The van der Waals surface area contributed by atoms with Gasteiger partial charge in [0.25, 0.3) is 0 Å². The first-order chi connectivity index (χ1) is 9.17. The standard InChI is InChI=1S/C15H25ClN2O/c1-4-18(5-2)10-8-17-9-11-19-15-7-6-14(16)12-13(15)3/h6-7,12,17H,4-5,8-11H2,1-3H3. The Morgan fingerprint density at radius 1 is 1.21 bits per heavy atom. The Bertz CT molecular complexity index is 367. The van der Waals surface area contributed by atoms with Crippen LogP contribution in [0.4, 0.5) is 0 Å². The van der Waals surface area contributed by atoms with Crippen molar-refractivity contribution in [1.29, 1.82) is 0 Å². The maximum atomic E-state index is 5.90. The maximum absolute atomic E-state index is 5.90. The van der Waals surface area contributed by atoms with E-state index in [-0.39, 0.29) is 0 Å². The number of aryl methyl sites for hydroxylation is 1. The molecule has 4 heteroatoms. The zero-order valence-corrected chi connectivity index (χ0v) is 13.0. The number of rotatable bonds is 9. The molecular weight excluding hydrogens is 260 g/mol. The Morgan fingerprint density at radius 2 is 1.95 bits per heavy atom. The van der Waals surface area contributed by atoms with Crippen molar-refractivity contribution in [2.24, 2.45) is 0 Å². The van der Waals surface area contributed by atoms with Crippen molar-refractivity contribution in [1.82, 2.24) is 10.2 Å². The molecule has 0 atom stereocenters. The first-order valence-electron chi connectivity index (χ1n) is 6.99. The van der Waals surface area contributed by atoms with E-state index in [9.17, 15) is 0 Å². The van der Waals surface area contributed by atoms with E-state index in [0.717, 1.165) is 49.1 Å². The molecule has 0 aliphatic rings. The number of nitrogens with zero attached hydrogens (tertiary/aromatic N) is 1. The molecule has 0 aliphatic heterocycles. The van der Waals surface area contributed by atoms with Crippen LogP contribution >= 0.6 is 11.6 Å². The third kappa shape index (κ3) is 6.28. The highest BCUT2D eigenvalue weighted by Crippen LogP contribution is 2.21. The van der Waals surface area contributed by atoms with Gasteiger partial charge in [-0.2, -0.15) is 0 Å². The van der Waals surface area contributed by atoms with Gasteiger partial charge in [-0.25, -0.2) is 0 Å². The Hall–Kier alpha value is -0.770. The summed E-state index contributed by atoms with van der Waals surface area (Å²) in [5, 5.41) is 4.14. The monoisotopic (exact) mass is 284 g/mol. The highest BCUT2D eigenvalue weighted by molar-refractivity contribution is 6.30. The molecule has 0 unspecified atom stereocenters. The number of halogens is 1. The number of nitrogens with one attached hydrogen (secondary N) is 1. The van der Waals surface area contributed by atoms with Gasteiger partial charge in [0.15, 0.2) is 0 Å². The van der Waals surface area contributed by atoms with Crippen LogP contribution in [0.3, 0.4) is 0 Å². The summed E-state index contributed by atoms with van der Waals surface area (Å²) in [7, 11) is 0. The van der Waals surface area contributed by atoms with Gasteiger partial charge in [-0.3, -0.25) is 0 Å². The minimum atomic E-state index is 0.681. The molecule has 0 fully saturated rings. The van der Waals surface area contributed by atoms with E-state index in [1.165, 1.54) is 0 Å². The van der Waals surface area contributed by atoms with Crippen molar-refractivity contribution in [2.45, 2.75) is 20.8 Å². The quantitative estimate of drug-likeness (QED) is 0.706. The van der Waals surface area contributed by atoms with Crippen LogP contribution < -0.4 is 10.1 Å². The second-order valence-electron chi connectivity index (χ2n) is 4.54. The van der Waals surface area contributed by atoms with E-state index in [0.29, 0.717) is 6.61 Å². The van der Waals surface area contributed by atoms with Crippen LogP contribution in [-0.2, 0) is 0 Å². The second kappa shape index (κ2) is 9.18. The largest absolute Gasteiger partial charge is 0.492 e. The molecule has 0 bridgehead atoms. The van der Waals surface area contributed by atoms with Gasteiger partial charge >= 0.3 is 0 Å². The van der Waals surface area contributed by atoms with E-state index in [1.54, 1.807) is 0 Å². The lowest BCUT2D eigenvalue weighted by molar-refractivity contribution is 0.285. The molecule has 0 spiro atoms. The fraction of sp³-hybridized carbons (Fsp3) is 0.600. The minimum Gasteiger partial charge on any atom is -0.492 e. The molecule has 1 aromatic rings. The summed E-state index contributed by atoms with van der Waals surface area (Å²) in [5.74, 6) is 0.912. The van der Waals surface area contributed by atoms with Crippen molar-refractivity contribution in [3.63, 3.8) is 0 Å². The molecule has 1 aromatic carbocycles. The minimum absolute atomic E-state index is 0.681. The normalized spacial score (nSPS) is 11.0. The van der Waals surface area contributed by atoms with Gasteiger partial charge in [0, 0.05) is 24.7 Å². The third-order valence-corrected chi connectivity index (χ3v) is 3.41. The van der Waals surface area contributed by atoms with Crippen LogP contribution in [-0.4, -0.2) is 44.2 Å². The number of hydrogen-bond acceptors (Lipinski definition) is 3. The Morgan fingerprint density at radius 3 is 2.58 bits per heavy atom. The zero-order valence-electron chi connectivity index (χ0n) is 12.2. The van der Waals surface area contributed by atoms with Gasteiger partial charge in [-0.05, 0) is 43.8 Å². The van der Waals surface area contributed by atoms with Crippen LogP contribution in [0.15, 0.2) is 18.2 Å². The SMILES string of the molecule is CCN(CC)CCNCCOc1ccc(Cl)cc1C. The molecule has 0 saturated carbocycles. The van der Waals surface area contributed by atoms with Gasteiger partial charge in [0.2, 0.25) is 0 Å². The van der Waals surface area contributed by atoms with E-state index >= 15 is 0 Å². The first-order valence-corrected chi connectivity index (χ1v) is 7.37. The lowest BCUT2D eigenvalue weighted by Crippen LogP contribution is -2.33. The molecule has 0 aromatic heterocycles. The van der Waals surface area contributed by atoms with Crippen LogP contribution in [0.2, 0.25) is 5.02 Å². The lowest BCUT2D eigenvalue weighted by atomic mass is 10.2.